The molecule has 0 saturated carbocycles. The maximum atomic E-state index is 3.63. The summed E-state index contributed by atoms with van der Waals surface area (Å²) in [5, 5.41) is 8.01. The summed E-state index contributed by atoms with van der Waals surface area (Å²) < 4.78 is 1.25. The maximum Gasteiger partial charge on any atom is 0.0365 e. The van der Waals surface area contributed by atoms with E-state index in [1.54, 1.807) is 11.3 Å². The first-order chi connectivity index (χ1) is 7.20. The van der Waals surface area contributed by atoms with Crippen LogP contribution in [-0.2, 0) is 0 Å². The minimum absolute atomic E-state index is 0.496. The third-order valence-corrected chi connectivity index (χ3v) is 4.47. The Morgan fingerprint density at radius 1 is 1.40 bits per heavy atom. The molecule has 1 N–H and O–H groups in total. The van der Waals surface area contributed by atoms with Crippen LogP contribution >= 0.6 is 27.3 Å². The second-order valence-electron chi connectivity index (χ2n) is 3.98. The molecule has 1 rings (SSSR count). The molecule has 1 heterocycles. The second kappa shape index (κ2) is 6.66. The van der Waals surface area contributed by atoms with E-state index in [1.165, 1.54) is 22.9 Å². The molecule has 0 amide bonds. The Bertz CT molecular complexity index is 285. The van der Waals surface area contributed by atoms with Gasteiger partial charge in [-0.1, -0.05) is 27.2 Å². The van der Waals surface area contributed by atoms with Crippen molar-refractivity contribution in [1.82, 2.24) is 5.32 Å². The summed E-state index contributed by atoms with van der Waals surface area (Å²) in [6.07, 6.45) is 2.53. The molecule has 2 atom stereocenters. The summed E-state index contributed by atoms with van der Waals surface area (Å²) in [6.45, 7) is 7.79. The predicted octanol–water partition coefficient (Wildman–Crippen LogP) is 4.60. The lowest BCUT2D eigenvalue weighted by Gasteiger charge is -2.24. The Labute approximate surface area is 105 Å². The van der Waals surface area contributed by atoms with Crippen LogP contribution in [0, 0.1) is 5.92 Å². The van der Waals surface area contributed by atoms with Crippen molar-refractivity contribution in [3.8, 4) is 0 Å². The lowest BCUT2D eigenvalue weighted by Crippen LogP contribution is -2.26. The number of halogens is 1. The molecule has 1 aromatic rings. The summed E-state index contributed by atoms with van der Waals surface area (Å²) in [5.74, 6) is 0.695. The van der Waals surface area contributed by atoms with Crippen LogP contribution in [0.5, 0.6) is 0 Å². The third kappa shape index (κ3) is 3.58. The fraction of sp³-hybridized carbons (Fsp3) is 0.667. The average molecular weight is 290 g/mol. The molecule has 0 spiro atoms. The Kier molecular flexibility index (Phi) is 5.87. The highest BCUT2D eigenvalue weighted by Gasteiger charge is 2.20. The van der Waals surface area contributed by atoms with Crippen LogP contribution in [-0.4, -0.2) is 6.54 Å². The SMILES string of the molecule is CCCC(C)C(NCC)c1cscc1Br. The molecular weight excluding hydrogens is 270 g/mol. The van der Waals surface area contributed by atoms with Gasteiger partial charge in [0.15, 0.2) is 0 Å². The van der Waals surface area contributed by atoms with Gasteiger partial charge >= 0.3 is 0 Å². The molecule has 0 aliphatic heterocycles. The molecule has 3 heteroatoms. The lowest BCUT2D eigenvalue weighted by atomic mass is 9.92. The van der Waals surface area contributed by atoms with Gasteiger partial charge in [0.2, 0.25) is 0 Å². The van der Waals surface area contributed by atoms with Gasteiger partial charge in [0.1, 0.15) is 0 Å². The van der Waals surface area contributed by atoms with Crippen LogP contribution < -0.4 is 5.32 Å². The van der Waals surface area contributed by atoms with E-state index in [0.717, 1.165) is 6.54 Å². The molecule has 1 nitrogen and oxygen atoms in total. The molecule has 0 aromatic carbocycles. The molecule has 0 aliphatic carbocycles. The van der Waals surface area contributed by atoms with Crippen molar-refractivity contribution in [2.75, 3.05) is 6.54 Å². The normalized spacial score (nSPS) is 15.2. The molecule has 1 aromatic heterocycles. The van der Waals surface area contributed by atoms with Crippen molar-refractivity contribution in [3.05, 3.63) is 20.8 Å². The average Bonchev–Trinajstić information content (AvgIpc) is 2.61. The van der Waals surface area contributed by atoms with E-state index in [9.17, 15) is 0 Å². The first kappa shape index (κ1) is 13.2. The van der Waals surface area contributed by atoms with E-state index in [2.05, 4.69) is 52.8 Å². The van der Waals surface area contributed by atoms with Crippen molar-refractivity contribution in [1.29, 1.82) is 0 Å². The Hall–Kier alpha value is 0.140. The Morgan fingerprint density at radius 2 is 2.13 bits per heavy atom. The zero-order valence-corrected chi connectivity index (χ0v) is 12.1. The number of hydrogen-bond acceptors (Lipinski definition) is 2. The highest BCUT2D eigenvalue weighted by molar-refractivity contribution is 9.10. The predicted molar refractivity (Wildman–Crippen MR) is 72.5 cm³/mol. The summed E-state index contributed by atoms with van der Waals surface area (Å²) >= 11 is 5.40. The molecule has 0 aliphatic rings. The molecule has 2 unspecified atom stereocenters. The van der Waals surface area contributed by atoms with Gasteiger partial charge in [0.25, 0.3) is 0 Å². The van der Waals surface area contributed by atoms with Crippen molar-refractivity contribution < 1.29 is 0 Å². The van der Waals surface area contributed by atoms with E-state index in [0.29, 0.717) is 12.0 Å². The zero-order chi connectivity index (χ0) is 11.3. The largest absolute Gasteiger partial charge is 0.310 e. The highest BCUT2D eigenvalue weighted by Crippen LogP contribution is 2.33. The van der Waals surface area contributed by atoms with Gasteiger partial charge in [-0.2, -0.15) is 11.3 Å². The first-order valence-electron chi connectivity index (χ1n) is 5.65. The van der Waals surface area contributed by atoms with E-state index < -0.39 is 0 Å². The van der Waals surface area contributed by atoms with Gasteiger partial charge in [0.05, 0.1) is 0 Å². The van der Waals surface area contributed by atoms with Crippen molar-refractivity contribution >= 4 is 27.3 Å². The minimum Gasteiger partial charge on any atom is -0.310 e. The molecule has 15 heavy (non-hydrogen) atoms. The maximum absolute atomic E-state index is 3.63. The van der Waals surface area contributed by atoms with E-state index in [1.807, 2.05) is 0 Å². The second-order valence-corrected chi connectivity index (χ2v) is 5.57. The number of thiophene rings is 1. The third-order valence-electron chi connectivity index (χ3n) is 2.71. The number of hydrogen-bond donors (Lipinski definition) is 1. The van der Waals surface area contributed by atoms with Crippen LogP contribution in [0.4, 0.5) is 0 Å². The molecular formula is C12H20BrNS. The van der Waals surface area contributed by atoms with E-state index >= 15 is 0 Å². The molecule has 0 saturated heterocycles. The van der Waals surface area contributed by atoms with Gasteiger partial charge in [-0.3, -0.25) is 0 Å². The fourth-order valence-electron chi connectivity index (χ4n) is 1.97. The smallest absolute Gasteiger partial charge is 0.0365 e. The molecule has 0 radical (unpaired) electrons. The molecule has 0 bridgehead atoms. The summed E-state index contributed by atoms with van der Waals surface area (Å²) in [6, 6.07) is 0.496. The van der Waals surface area contributed by atoms with E-state index in [4.69, 9.17) is 0 Å². The van der Waals surface area contributed by atoms with Crippen molar-refractivity contribution in [2.45, 2.75) is 39.7 Å². The number of nitrogens with one attached hydrogen (secondary N) is 1. The van der Waals surface area contributed by atoms with Crippen molar-refractivity contribution in [3.63, 3.8) is 0 Å². The summed E-state index contributed by atoms with van der Waals surface area (Å²) in [7, 11) is 0. The summed E-state index contributed by atoms with van der Waals surface area (Å²) in [5.41, 5.74) is 1.42. The zero-order valence-electron chi connectivity index (χ0n) is 9.72. The van der Waals surface area contributed by atoms with Gasteiger partial charge in [-0.15, -0.1) is 0 Å². The van der Waals surface area contributed by atoms with Crippen LogP contribution in [0.1, 0.15) is 45.2 Å². The van der Waals surface area contributed by atoms with Gasteiger partial charge in [-0.05, 0) is 45.8 Å². The Balaban J connectivity index is 2.77. The van der Waals surface area contributed by atoms with Gasteiger partial charge < -0.3 is 5.32 Å². The summed E-state index contributed by atoms with van der Waals surface area (Å²) in [4.78, 5) is 0. The monoisotopic (exact) mass is 289 g/mol. The van der Waals surface area contributed by atoms with Crippen LogP contribution in [0.2, 0.25) is 0 Å². The van der Waals surface area contributed by atoms with Gasteiger partial charge in [-0.25, -0.2) is 0 Å². The van der Waals surface area contributed by atoms with Crippen LogP contribution in [0.15, 0.2) is 15.2 Å². The standard InChI is InChI=1S/C12H20BrNS/c1-4-6-9(3)12(14-5-2)10-7-15-8-11(10)13/h7-9,12,14H,4-6H2,1-3H3. The fourth-order valence-corrected chi connectivity index (χ4v) is 3.55. The van der Waals surface area contributed by atoms with Crippen molar-refractivity contribution in [2.24, 2.45) is 5.92 Å². The van der Waals surface area contributed by atoms with Crippen LogP contribution in [0.3, 0.4) is 0 Å². The minimum atomic E-state index is 0.496. The molecule has 86 valence electrons. The quantitative estimate of drug-likeness (QED) is 0.807. The topological polar surface area (TPSA) is 12.0 Å². The van der Waals surface area contributed by atoms with E-state index in [-0.39, 0.29) is 0 Å². The Morgan fingerprint density at radius 3 is 2.60 bits per heavy atom. The van der Waals surface area contributed by atoms with Gasteiger partial charge in [0, 0.05) is 15.9 Å². The molecule has 0 fully saturated rings. The highest BCUT2D eigenvalue weighted by atomic mass is 79.9. The van der Waals surface area contributed by atoms with Crippen LogP contribution in [0.25, 0.3) is 0 Å². The number of rotatable bonds is 6. The lowest BCUT2D eigenvalue weighted by molar-refractivity contribution is 0.369. The first-order valence-corrected chi connectivity index (χ1v) is 7.39.